The van der Waals surface area contributed by atoms with Gasteiger partial charge < -0.3 is 15.8 Å². The van der Waals surface area contributed by atoms with E-state index in [0.717, 1.165) is 23.0 Å². The van der Waals surface area contributed by atoms with E-state index in [1.165, 1.54) is 0 Å². The van der Waals surface area contributed by atoms with Crippen LogP contribution in [0.5, 0.6) is 0 Å². The topological polar surface area (TPSA) is 64.4 Å². The average molecular weight is 313 g/mol. The zero-order valence-corrected chi connectivity index (χ0v) is 11.7. The first-order valence-corrected chi connectivity index (χ1v) is 6.86. The summed E-state index contributed by atoms with van der Waals surface area (Å²) in [5, 5.41) is 3.24. The highest BCUT2D eigenvalue weighted by molar-refractivity contribution is 9.10. The van der Waals surface area contributed by atoms with Crippen molar-refractivity contribution in [3.05, 3.63) is 28.7 Å². The van der Waals surface area contributed by atoms with Crippen molar-refractivity contribution in [2.75, 3.05) is 18.5 Å². The Balaban J connectivity index is 2.11. The van der Waals surface area contributed by atoms with Gasteiger partial charge in [0, 0.05) is 23.4 Å². The number of nitrogens with one attached hydrogen (secondary N) is 1. The fourth-order valence-corrected chi connectivity index (χ4v) is 2.62. The van der Waals surface area contributed by atoms with Crippen LogP contribution in [0.2, 0.25) is 0 Å². The molecule has 1 aromatic carbocycles. The first-order valence-electron chi connectivity index (χ1n) is 6.06. The number of primary amides is 1. The van der Waals surface area contributed by atoms with Crippen LogP contribution in [-0.2, 0) is 9.53 Å². The fraction of sp³-hybridized carbons (Fsp3) is 0.462. The Morgan fingerprint density at radius 2 is 2.06 bits per heavy atom. The van der Waals surface area contributed by atoms with Gasteiger partial charge in [0.2, 0.25) is 5.91 Å². The third kappa shape index (κ3) is 3.23. The molecule has 0 radical (unpaired) electrons. The zero-order valence-electron chi connectivity index (χ0n) is 10.1. The van der Waals surface area contributed by atoms with E-state index in [1.54, 1.807) is 0 Å². The number of halogens is 1. The van der Waals surface area contributed by atoms with Gasteiger partial charge in [-0.3, -0.25) is 4.79 Å². The third-order valence-corrected chi connectivity index (χ3v) is 3.92. The van der Waals surface area contributed by atoms with E-state index in [-0.39, 0.29) is 17.9 Å². The van der Waals surface area contributed by atoms with Crippen molar-refractivity contribution in [1.82, 2.24) is 0 Å². The molecule has 0 aromatic heterocycles. The monoisotopic (exact) mass is 312 g/mol. The summed E-state index contributed by atoms with van der Waals surface area (Å²) in [6.45, 7) is 1.40. The lowest BCUT2D eigenvalue weighted by atomic mass is 9.91. The Labute approximate surface area is 115 Å². The summed E-state index contributed by atoms with van der Waals surface area (Å²) in [5.74, 6) is -0.0685. The molecule has 0 aliphatic carbocycles. The van der Waals surface area contributed by atoms with Gasteiger partial charge >= 0.3 is 0 Å². The molecule has 4 nitrogen and oxygen atoms in total. The molecule has 98 valence electrons. The number of para-hydroxylation sites is 1. The van der Waals surface area contributed by atoms with E-state index < -0.39 is 0 Å². The Morgan fingerprint density at radius 1 is 1.39 bits per heavy atom. The molecule has 1 amide bonds. The lowest BCUT2D eigenvalue weighted by Crippen LogP contribution is -2.43. The van der Waals surface area contributed by atoms with Gasteiger partial charge in [-0.05, 0) is 46.8 Å². The van der Waals surface area contributed by atoms with Crippen LogP contribution in [-0.4, -0.2) is 25.2 Å². The molecular weight excluding hydrogens is 296 g/mol. The maximum absolute atomic E-state index is 11.6. The van der Waals surface area contributed by atoms with E-state index in [2.05, 4.69) is 21.2 Å². The summed E-state index contributed by atoms with van der Waals surface area (Å²) in [5.41, 5.74) is 6.40. The van der Waals surface area contributed by atoms with Crippen LogP contribution >= 0.6 is 15.9 Å². The van der Waals surface area contributed by atoms with Crippen LogP contribution in [0.1, 0.15) is 12.8 Å². The number of carbonyl (C=O) groups is 1. The van der Waals surface area contributed by atoms with Crippen LogP contribution in [0.4, 0.5) is 5.69 Å². The number of hydrogen-bond acceptors (Lipinski definition) is 3. The number of ether oxygens (including phenoxy) is 1. The molecule has 0 saturated carbocycles. The summed E-state index contributed by atoms with van der Waals surface area (Å²) in [6, 6.07) is 7.38. The first kappa shape index (κ1) is 13.4. The van der Waals surface area contributed by atoms with E-state index in [1.807, 2.05) is 24.3 Å². The Morgan fingerprint density at radius 3 is 2.67 bits per heavy atom. The number of rotatable bonds is 4. The van der Waals surface area contributed by atoms with Crippen LogP contribution < -0.4 is 11.1 Å². The molecule has 1 heterocycles. The van der Waals surface area contributed by atoms with Crippen LogP contribution in [0, 0.1) is 5.92 Å². The lowest BCUT2D eigenvalue weighted by molar-refractivity contribution is -0.120. The summed E-state index contributed by atoms with van der Waals surface area (Å²) >= 11 is 3.46. The molecule has 2 rings (SSSR count). The predicted molar refractivity (Wildman–Crippen MR) is 74.3 cm³/mol. The SMILES string of the molecule is NC(=O)C(Nc1ccccc1Br)C1CCOCC1. The van der Waals surface area contributed by atoms with Crippen molar-refractivity contribution in [2.45, 2.75) is 18.9 Å². The maximum Gasteiger partial charge on any atom is 0.240 e. The molecule has 0 bridgehead atoms. The predicted octanol–water partition coefficient (Wildman–Crippen LogP) is 2.14. The number of hydrogen-bond donors (Lipinski definition) is 2. The molecule has 5 heteroatoms. The van der Waals surface area contributed by atoms with Gasteiger partial charge in [-0.1, -0.05) is 12.1 Å². The molecule has 1 saturated heterocycles. The van der Waals surface area contributed by atoms with Gasteiger partial charge in [-0.25, -0.2) is 0 Å². The summed E-state index contributed by atoms with van der Waals surface area (Å²) in [7, 11) is 0. The molecule has 3 N–H and O–H groups in total. The quantitative estimate of drug-likeness (QED) is 0.895. The molecule has 1 atom stereocenters. The zero-order chi connectivity index (χ0) is 13.0. The number of amides is 1. The summed E-state index contributed by atoms with van der Waals surface area (Å²) in [6.07, 6.45) is 1.73. The standard InChI is InChI=1S/C13H17BrN2O2/c14-10-3-1-2-4-11(10)16-12(13(15)17)9-5-7-18-8-6-9/h1-4,9,12,16H,5-8H2,(H2,15,17). The third-order valence-electron chi connectivity index (χ3n) is 3.23. The first-order chi connectivity index (χ1) is 8.68. The van der Waals surface area contributed by atoms with E-state index in [9.17, 15) is 4.79 Å². The number of nitrogens with two attached hydrogens (primary N) is 1. The fourth-order valence-electron chi connectivity index (χ4n) is 2.22. The molecule has 1 aliphatic rings. The molecule has 0 spiro atoms. The summed E-state index contributed by atoms with van der Waals surface area (Å²) in [4.78, 5) is 11.6. The van der Waals surface area contributed by atoms with Crippen LogP contribution in [0.25, 0.3) is 0 Å². The molecule has 1 fully saturated rings. The van der Waals surface area contributed by atoms with Gasteiger partial charge in [-0.2, -0.15) is 0 Å². The van der Waals surface area contributed by atoms with Crippen molar-refractivity contribution in [3.8, 4) is 0 Å². The van der Waals surface area contributed by atoms with Crippen molar-refractivity contribution >= 4 is 27.5 Å². The second-order valence-corrected chi connectivity index (χ2v) is 5.31. The minimum Gasteiger partial charge on any atom is -0.381 e. The van der Waals surface area contributed by atoms with E-state index in [4.69, 9.17) is 10.5 Å². The lowest BCUT2D eigenvalue weighted by Gasteiger charge is -2.29. The van der Waals surface area contributed by atoms with E-state index in [0.29, 0.717) is 13.2 Å². The van der Waals surface area contributed by atoms with Crippen LogP contribution in [0.15, 0.2) is 28.7 Å². The molecular formula is C13H17BrN2O2. The van der Waals surface area contributed by atoms with Crippen molar-refractivity contribution in [1.29, 1.82) is 0 Å². The molecule has 18 heavy (non-hydrogen) atoms. The maximum atomic E-state index is 11.6. The van der Waals surface area contributed by atoms with Gasteiger partial charge in [0.1, 0.15) is 6.04 Å². The number of anilines is 1. The Hall–Kier alpha value is -1.07. The van der Waals surface area contributed by atoms with Gasteiger partial charge in [0.25, 0.3) is 0 Å². The van der Waals surface area contributed by atoms with E-state index >= 15 is 0 Å². The van der Waals surface area contributed by atoms with Crippen molar-refractivity contribution < 1.29 is 9.53 Å². The van der Waals surface area contributed by atoms with Crippen molar-refractivity contribution in [3.63, 3.8) is 0 Å². The second kappa shape index (κ2) is 6.20. The smallest absolute Gasteiger partial charge is 0.240 e. The highest BCUT2D eigenvalue weighted by Gasteiger charge is 2.28. The molecule has 1 aliphatic heterocycles. The molecule has 1 aromatic rings. The van der Waals surface area contributed by atoms with Gasteiger partial charge in [0.05, 0.1) is 0 Å². The van der Waals surface area contributed by atoms with Gasteiger partial charge in [0.15, 0.2) is 0 Å². The van der Waals surface area contributed by atoms with Crippen LogP contribution in [0.3, 0.4) is 0 Å². The summed E-state index contributed by atoms with van der Waals surface area (Å²) < 4.78 is 6.25. The Kier molecular flexibility index (Phi) is 4.60. The normalized spacial score (nSPS) is 18.3. The minimum atomic E-state index is -0.340. The largest absolute Gasteiger partial charge is 0.381 e. The van der Waals surface area contributed by atoms with Gasteiger partial charge in [-0.15, -0.1) is 0 Å². The van der Waals surface area contributed by atoms with Crippen molar-refractivity contribution in [2.24, 2.45) is 11.7 Å². The highest BCUT2D eigenvalue weighted by atomic mass is 79.9. The molecule has 1 unspecified atom stereocenters. The highest BCUT2D eigenvalue weighted by Crippen LogP contribution is 2.26. The average Bonchev–Trinajstić information content (AvgIpc) is 2.38. The number of benzene rings is 1. The Bertz CT molecular complexity index is 419. The minimum absolute atomic E-state index is 0.239. The second-order valence-electron chi connectivity index (χ2n) is 4.45. The number of carbonyl (C=O) groups excluding carboxylic acids is 1.